The van der Waals surface area contributed by atoms with Crippen LogP contribution in [0.15, 0.2) is 78.9 Å². The number of benzene rings is 3. The average Bonchev–Trinajstić information content (AvgIpc) is 2.78. The van der Waals surface area contributed by atoms with Gasteiger partial charge in [-0.2, -0.15) is 0 Å². The van der Waals surface area contributed by atoms with Crippen molar-refractivity contribution in [1.82, 2.24) is 0 Å². The lowest BCUT2D eigenvalue weighted by Crippen LogP contribution is -1.79. The minimum atomic E-state index is -0.500. The summed E-state index contributed by atoms with van der Waals surface area (Å²) >= 11 is 0. The SMILES string of the molecule is C.CC.CC.CC.C[N+](=O)[O-].C[N+](=O)[O-].Cc1ccccc1.c1ccc2ccccc2c1. The van der Waals surface area contributed by atoms with Crippen molar-refractivity contribution in [2.24, 2.45) is 0 Å². The number of hydrogen-bond donors (Lipinski definition) is 0. The summed E-state index contributed by atoms with van der Waals surface area (Å²) in [5.41, 5.74) is 1.32. The van der Waals surface area contributed by atoms with E-state index in [1.807, 2.05) is 59.7 Å². The van der Waals surface area contributed by atoms with Gasteiger partial charge in [0.1, 0.15) is 0 Å². The summed E-state index contributed by atoms with van der Waals surface area (Å²) in [5.74, 6) is 0. The summed E-state index contributed by atoms with van der Waals surface area (Å²) in [6.45, 7) is 14.1. The van der Waals surface area contributed by atoms with E-state index >= 15 is 0 Å². The fourth-order valence-electron chi connectivity index (χ4n) is 1.67. The van der Waals surface area contributed by atoms with Gasteiger partial charge in [-0.15, -0.1) is 0 Å². The zero-order chi connectivity index (χ0) is 25.1. The highest BCUT2D eigenvalue weighted by Crippen LogP contribution is 2.11. The van der Waals surface area contributed by atoms with Gasteiger partial charge in [0, 0.05) is 9.85 Å². The molecule has 182 valence electrons. The predicted octanol–water partition coefficient (Wildman–Crippen LogP) is 8.34. The lowest BCUT2D eigenvalue weighted by molar-refractivity contribution is -0.445. The van der Waals surface area contributed by atoms with Gasteiger partial charge < -0.3 is 0 Å². The Bertz CT molecular complexity index is 678. The van der Waals surface area contributed by atoms with Crippen LogP contribution in [-0.2, 0) is 0 Å². The highest BCUT2D eigenvalue weighted by atomic mass is 16.6. The Labute approximate surface area is 195 Å². The van der Waals surface area contributed by atoms with Crippen LogP contribution in [0.5, 0.6) is 0 Å². The van der Waals surface area contributed by atoms with Crippen molar-refractivity contribution in [1.29, 1.82) is 0 Å². The van der Waals surface area contributed by atoms with E-state index in [1.165, 1.54) is 16.3 Å². The predicted molar refractivity (Wildman–Crippen MR) is 142 cm³/mol. The molecule has 0 amide bonds. The summed E-state index contributed by atoms with van der Waals surface area (Å²) in [5, 5.41) is 20.2. The van der Waals surface area contributed by atoms with E-state index < -0.39 is 9.85 Å². The number of nitro groups is 2. The standard InChI is InChI=1S/C10H8.C7H8.3C2H6.2CH3NO2.CH4/c1-2-6-10-8-4-3-7-9(10)5-1;1-7-5-3-2-4-6-7;3*1-2;2*1-2(3)4;/h1-8H;2-6H,1H3;3*1-2H3;2*1H3;1H4. The molecule has 0 spiro atoms. The van der Waals surface area contributed by atoms with Crippen molar-refractivity contribution in [2.75, 3.05) is 14.1 Å². The minimum Gasteiger partial charge on any atom is -0.265 e. The second-order valence-corrected chi connectivity index (χ2v) is 4.88. The third kappa shape index (κ3) is 34.2. The van der Waals surface area contributed by atoms with Gasteiger partial charge in [0.25, 0.3) is 0 Å². The van der Waals surface area contributed by atoms with Crippen LogP contribution in [0, 0.1) is 27.2 Å². The van der Waals surface area contributed by atoms with Gasteiger partial charge in [0.15, 0.2) is 14.1 Å². The van der Waals surface area contributed by atoms with Gasteiger partial charge in [0.2, 0.25) is 0 Å². The second kappa shape index (κ2) is 32.4. The second-order valence-electron chi connectivity index (χ2n) is 4.88. The van der Waals surface area contributed by atoms with Crippen LogP contribution in [0.25, 0.3) is 10.8 Å². The molecule has 6 heteroatoms. The highest BCUT2D eigenvalue weighted by Gasteiger charge is 1.85. The molecule has 0 radical (unpaired) electrons. The van der Waals surface area contributed by atoms with E-state index in [1.54, 1.807) is 0 Å². The molecule has 32 heavy (non-hydrogen) atoms. The van der Waals surface area contributed by atoms with Crippen molar-refractivity contribution >= 4 is 10.8 Å². The molecular formula is C26H44N2O4. The molecule has 6 nitrogen and oxygen atoms in total. The van der Waals surface area contributed by atoms with Gasteiger partial charge in [-0.3, -0.25) is 20.2 Å². The highest BCUT2D eigenvalue weighted by molar-refractivity contribution is 5.81. The van der Waals surface area contributed by atoms with Gasteiger partial charge in [-0.25, -0.2) is 0 Å². The molecule has 0 bridgehead atoms. The summed E-state index contributed by atoms with van der Waals surface area (Å²) in [6, 6.07) is 27.0. The summed E-state index contributed by atoms with van der Waals surface area (Å²) in [4.78, 5) is 16.6. The largest absolute Gasteiger partial charge is 0.265 e. The first-order valence-electron chi connectivity index (χ1n) is 10.4. The first-order valence-corrected chi connectivity index (χ1v) is 10.4. The number of rotatable bonds is 0. The smallest absolute Gasteiger partial charge is 0.194 e. The third-order valence-corrected chi connectivity index (χ3v) is 2.60. The fraction of sp³-hybridized carbons (Fsp3) is 0.385. The molecule has 3 aromatic carbocycles. The average molecular weight is 449 g/mol. The van der Waals surface area contributed by atoms with Crippen molar-refractivity contribution < 1.29 is 9.85 Å². The monoisotopic (exact) mass is 448 g/mol. The first-order chi connectivity index (χ1) is 14.8. The summed E-state index contributed by atoms with van der Waals surface area (Å²) in [6.07, 6.45) is 0. The fourth-order valence-corrected chi connectivity index (χ4v) is 1.67. The van der Waals surface area contributed by atoms with Crippen molar-refractivity contribution in [3.05, 3.63) is 105 Å². The van der Waals surface area contributed by atoms with Gasteiger partial charge >= 0.3 is 0 Å². The van der Waals surface area contributed by atoms with E-state index in [2.05, 4.69) is 67.6 Å². The Kier molecular flexibility index (Phi) is 39.7. The van der Waals surface area contributed by atoms with E-state index in [9.17, 15) is 0 Å². The molecule has 3 aromatic rings. The molecule has 0 aromatic heterocycles. The Morgan fingerprint density at radius 2 is 0.719 bits per heavy atom. The van der Waals surface area contributed by atoms with E-state index in [4.69, 9.17) is 20.2 Å². The van der Waals surface area contributed by atoms with Crippen LogP contribution >= 0.6 is 0 Å². The minimum absolute atomic E-state index is 0. The zero-order valence-electron chi connectivity index (χ0n) is 20.5. The molecular weight excluding hydrogens is 404 g/mol. The molecule has 0 aliphatic carbocycles. The number of hydrogen-bond acceptors (Lipinski definition) is 4. The molecule has 0 fully saturated rings. The van der Waals surface area contributed by atoms with Crippen LogP contribution < -0.4 is 0 Å². The number of fused-ring (bicyclic) bond motifs is 1. The molecule has 3 rings (SSSR count). The van der Waals surface area contributed by atoms with Crippen molar-refractivity contribution in [3.63, 3.8) is 0 Å². The molecule has 0 aliphatic heterocycles. The van der Waals surface area contributed by atoms with Gasteiger partial charge in [-0.05, 0) is 17.7 Å². The Balaban J connectivity index is -0.0000000985. The lowest BCUT2D eigenvalue weighted by Gasteiger charge is -1.92. The first kappa shape index (κ1) is 39.2. The third-order valence-electron chi connectivity index (χ3n) is 2.60. The Morgan fingerprint density at radius 1 is 0.531 bits per heavy atom. The maximum absolute atomic E-state index is 8.81. The van der Waals surface area contributed by atoms with Crippen LogP contribution in [0.4, 0.5) is 0 Å². The molecule has 0 unspecified atom stereocenters. The molecule has 0 heterocycles. The van der Waals surface area contributed by atoms with E-state index in [0.29, 0.717) is 0 Å². The van der Waals surface area contributed by atoms with Crippen LogP contribution in [-0.4, -0.2) is 23.9 Å². The molecule has 0 aliphatic rings. The number of nitrogens with zero attached hydrogens (tertiary/aromatic N) is 2. The maximum Gasteiger partial charge on any atom is 0.194 e. The quantitative estimate of drug-likeness (QED) is 0.255. The lowest BCUT2D eigenvalue weighted by atomic mass is 10.1. The van der Waals surface area contributed by atoms with Crippen LogP contribution in [0.2, 0.25) is 0 Å². The molecule has 0 N–H and O–H groups in total. The summed E-state index contributed by atoms with van der Waals surface area (Å²) in [7, 11) is 1.78. The Morgan fingerprint density at radius 3 is 0.875 bits per heavy atom. The zero-order valence-corrected chi connectivity index (χ0v) is 20.5. The van der Waals surface area contributed by atoms with Gasteiger partial charge in [-0.1, -0.05) is 133 Å². The van der Waals surface area contributed by atoms with Crippen molar-refractivity contribution in [2.45, 2.75) is 55.9 Å². The normalized spacial score (nSPS) is 7.16. The Hall–Kier alpha value is -3.28. The molecule has 0 saturated carbocycles. The van der Waals surface area contributed by atoms with Crippen LogP contribution in [0.1, 0.15) is 54.5 Å². The summed E-state index contributed by atoms with van der Waals surface area (Å²) < 4.78 is 0. The van der Waals surface area contributed by atoms with E-state index in [-0.39, 0.29) is 7.43 Å². The van der Waals surface area contributed by atoms with E-state index in [0.717, 1.165) is 14.1 Å². The van der Waals surface area contributed by atoms with Gasteiger partial charge in [0.05, 0.1) is 0 Å². The van der Waals surface area contributed by atoms with Crippen LogP contribution in [0.3, 0.4) is 0 Å². The topological polar surface area (TPSA) is 86.3 Å². The number of aryl methyl sites for hydroxylation is 1. The van der Waals surface area contributed by atoms with Crippen molar-refractivity contribution in [3.8, 4) is 0 Å². The maximum atomic E-state index is 8.81. The molecule has 0 saturated heterocycles. The molecule has 0 atom stereocenters.